The lowest BCUT2D eigenvalue weighted by molar-refractivity contribution is -0.275. The number of alkyl halides is 6. The minimum absolute atomic E-state index is 0.136. The number of halogens is 6. The second kappa shape index (κ2) is 18.3. The van der Waals surface area contributed by atoms with Gasteiger partial charge >= 0.3 is 18.7 Å². The zero-order valence-corrected chi connectivity index (χ0v) is 32.5. The molecule has 6 rings (SSSR count). The lowest BCUT2D eigenvalue weighted by atomic mass is 9.98. The van der Waals surface area contributed by atoms with E-state index in [1.807, 2.05) is 0 Å². The summed E-state index contributed by atoms with van der Waals surface area (Å²) in [6, 6.07) is 25.4. The van der Waals surface area contributed by atoms with Gasteiger partial charge in [-0.25, -0.2) is 9.78 Å². The predicted octanol–water partition coefficient (Wildman–Crippen LogP) is 10.7. The Bertz CT molecular complexity index is 2160. The van der Waals surface area contributed by atoms with Crippen molar-refractivity contribution in [2.24, 2.45) is 5.92 Å². The van der Waals surface area contributed by atoms with Crippen LogP contribution in [0.2, 0.25) is 0 Å². The molecule has 0 unspecified atom stereocenters. The van der Waals surface area contributed by atoms with Gasteiger partial charge in [0.1, 0.15) is 29.5 Å². The molecule has 10 nitrogen and oxygen atoms in total. The monoisotopic (exact) mass is 823 g/mol. The number of esters is 1. The molecular weight excluding hydrogens is 780 g/mol. The highest BCUT2D eigenvalue weighted by Crippen LogP contribution is 2.41. The molecule has 1 aromatic heterocycles. The van der Waals surface area contributed by atoms with Crippen molar-refractivity contribution in [1.82, 2.24) is 9.97 Å². The molecule has 16 heteroatoms. The summed E-state index contributed by atoms with van der Waals surface area (Å²) in [5.41, 5.74) is 1.91. The Morgan fingerprint density at radius 3 is 2.03 bits per heavy atom. The minimum atomic E-state index is -5.02. The topological polar surface area (TPSA) is 98.3 Å². The number of ether oxygens (including phenoxy) is 4. The van der Waals surface area contributed by atoms with Crippen LogP contribution >= 0.6 is 0 Å². The molecule has 0 amide bonds. The minimum Gasteiger partial charge on any atom is -0.458 e. The Hall–Kier alpha value is -6.03. The molecule has 0 aliphatic carbocycles. The van der Waals surface area contributed by atoms with E-state index in [-0.39, 0.29) is 30.1 Å². The van der Waals surface area contributed by atoms with Gasteiger partial charge in [0.25, 0.3) is 0 Å². The molecule has 1 fully saturated rings. The highest BCUT2D eigenvalue weighted by molar-refractivity contribution is 5.78. The van der Waals surface area contributed by atoms with Crippen LogP contribution in [0.1, 0.15) is 44.7 Å². The molecular formula is C43H43F6N5O5. The number of aromatic nitrogens is 2. The number of nitrogens with zero attached hydrogens (tertiary/aromatic N) is 4. The first-order chi connectivity index (χ1) is 28.0. The third-order valence-corrected chi connectivity index (χ3v) is 9.05. The first-order valence-electron chi connectivity index (χ1n) is 18.8. The van der Waals surface area contributed by atoms with Crippen LogP contribution < -0.4 is 24.6 Å². The van der Waals surface area contributed by atoms with Crippen molar-refractivity contribution in [2.75, 3.05) is 41.4 Å². The van der Waals surface area contributed by atoms with Gasteiger partial charge in [0.2, 0.25) is 0 Å². The Labute approximate surface area is 337 Å². The molecule has 0 saturated carbocycles. The van der Waals surface area contributed by atoms with E-state index in [0.717, 1.165) is 18.9 Å². The quantitative estimate of drug-likeness (QED) is 0.0861. The van der Waals surface area contributed by atoms with Crippen molar-refractivity contribution >= 4 is 40.4 Å². The smallest absolute Gasteiger partial charge is 0.458 e. The Balaban J connectivity index is 1.33. The zero-order valence-electron chi connectivity index (χ0n) is 32.5. The van der Waals surface area contributed by atoms with Gasteiger partial charge in [0.15, 0.2) is 5.82 Å². The molecule has 4 aromatic carbocycles. The second-order valence-electron chi connectivity index (χ2n) is 14.8. The highest BCUT2D eigenvalue weighted by atomic mass is 19.4. The maximum atomic E-state index is 13.6. The van der Waals surface area contributed by atoms with Gasteiger partial charge in [0.05, 0.1) is 24.7 Å². The fraction of sp³-hybridized carbons (Fsp3) is 0.326. The van der Waals surface area contributed by atoms with Crippen LogP contribution in [0.25, 0.3) is 0 Å². The molecule has 312 valence electrons. The van der Waals surface area contributed by atoms with E-state index in [1.54, 1.807) is 92.5 Å². The summed E-state index contributed by atoms with van der Waals surface area (Å²) in [7, 11) is 0. The van der Waals surface area contributed by atoms with Gasteiger partial charge < -0.3 is 29.2 Å². The first-order valence-corrected chi connectivity index (χ1v) is 18.8. The van der Waals surface area contributed by atoms with Gasteiger partial charge in [-0.05, 0) is 111 Å². The van der Waals surface area contributed by atoms with E-state index >= 15 is 0 Å². The number of benzene rings is 4. The molecule has 5 aromatic rings. The number of hydrogen-bond acceptors (Lipinski definition) is 10. The summed E-state index contributed by atoms with van der Waals surface area (Å²) in [5, 5.41) is 3.20. The number of piperidine rings is 1. The van der Waals surface area contributed by atoms with Crippen molar-refractivity contribution in [3.05, 3.63) is 121 Å². The van der Waals surface area contributed by atoms with E-state index in [1.165, 1.54) is 36.5 Å². The Morgan fingerprint density at radius 1 is 0.797 bits per heavy atom. The molecule has 0 spiro atoms. The number of anilines is 6. The van der Waals surface area contributed by atoms with E-state index in [9.17, 15) is 31.1 Å². The van der Waals surface area contributed by atoms with Crippen molar-refractivity contribution in [3.8, 4) is 11.5 Å². The van der Waals surface area contributed by atoms with Gasteiger partial charge in [-0.3, -0.25) is 9.88 Å². The van der Waals surface area contributed by atoms with E-state index in [0.29, 0.717) is 54.1 Å². The molecule has 0 radical (unpaired) electrons. The highest BCUT2D eigenvalue weighted by Gasteiger charge is 2.33. The molecule has 1 N–H and O–H groups in total. The molecule has 0 bridgehead atoms. The predicted molar refractivity (Wildman–Crippen MR) is 211 cm³/mol. The molecule has 59 heavy (non-hydrogen) atoms. The lowest BCUT2D eigenvalue weighted by Gasteiger charge is -2.33. The maximum Gasteiger partial charge on any atom is 0.573 e. The third kappa shape index (κ3) is 12.7. The van der Waals surface area contributed by atoms with Crippen molar-refractivity contribution < 1.29 is 50.1 Å². The first kappa shape index (κ1) is 42.6. The van der Waals surface area contributed by atoms with Crippen LogP contribution in [0.5, 0.6) is 11.5 Å². The van der Waals surface area contributed by atoms with Crippen LogP contribution in [-0.2, 0) is 20.7 Å². The van der Waals surface area contributed by atoms with Crippen molar-refractivity contribution in [2.45, 2.75) is 58.4 Å². The van der Waals surface area contributed by atoms with Crippen LogP contribution in [0.4, 0.5) is 60.7 Å². The van der Waals surface area contributed by atoms with Gasteiger partial charge in [-0.15, -0.1) is 26.3 Å². The largest absolute Gasteiger partial charge is 0.573 e. The number of nitrogens with one attached hydrogen (secondary N) is 1. The second-order valence-corrected chi connectivity index (χ2v) is 14.8. The van der Waals surface area contributed by atoms with E-state index in [4.69, 9.17) is 14.5 Å². The molecule has 1 aliphatic heterocycles. The van der Waals surface area contributed by atoms with Crippen LogP contribution in [0.15, 0.2) is 109 Å². The summed E-state index contributed by atoms with van der Waals surface area (Å²) in [6.07, 6.45) is -5.52. The number of carbonyl (C=O) groups is 1. The van der Waals surface area contributed by atoms with Crippen LogP contribution in [-0.4, -0.2) is 60.6 Å². The van der Waals surface area contributed by atoms with Crippen molar-refractivity contribution in [3.63, 3.8) is 0 Å². The number of rotatable bonds is 14. The Kier molecular flexibility index (Phi) is 13.2. The van der Waals surface area contributed by atoms with Crippen LogP contribution in [0, 0.1) is 5.92 Å². The average molecular weight is 824 g/mol. The molecule has 1 saturated heterocycles. The molecule has 1 aliphatic rings. The number of para-hydroxylation sites is 2. The van der Waals surface area contributed by atoms with Crippen molar-refractivity contribution in [1.29, 1.82) is 0 Å². The fourth-order valence-electron chi connectivity index (χ4n) is 6.62. The maximum absolute atomic E-state index is 13.6. The third-order valence-electron chi connectivity index (χ3n) is 9.05. The summed E-state index contributed by atoms with van der Waals surface area (Å²) in [5.74, 6) is -0.370. The zero-order chi connectivity index (χ0) is 42.2. The van der Waals surface area contributed by atoms with Gasteiger partial charge in [-0.1, -0.05) is 36.4 Å². The standard InChI is InChI=1S/C43H43F6N5O5/c1-41(2,3)59-40(55)28-56-27-29-18-20-53(21-19-29)38-25-50-26-39(52-38)54(33-12-8-5-9-13-33)37-17-15-35(58-43(47,48)49)24-31(37)22-30-23-34(57-42(44,45)46)14-16-36(30)51-32-10-6-4-7-11-32/h4-17,23-26,29,51H,18-22,27-28H2,1-3H3. The van der Waals surface area contributed by atoms with Crippen LogP contribution in [0.3, 0.4) is 0 Å². The lowest BCUT2D eigenvalue weighted by Crippen LogP contribution is -2.36. The summed E-state index contributed by atoms with van der Waals surface area (Å²) < 4.78 is 101. The SMILES string of the molecule is CC(C)(C)OC(=O)COCC1CCN(c2cncc(N(c3ccccc3)c3ccc(OC(F)(F)F)cc3Cc3cc(OC(F)(F)F)ccc3Nc3ccccc3)n2)CC1. The number of hydrogen-bond donors (Lipinski definition) is 1. The Morgan fingerprint density at radius 2 is 1.41 bits per heavy atom. The van der Waals surface area contributed by atoms with E-state index < -0.39 is 35.8 Å². The van der Waals surface area contributed by atoms with Gasteiger partial charge in [0, 0.05) is 36.6 Å². The molecule has 0 atom stereocenters. The summed E-state index contributed by atoms with van der Waals surface area (Å²) in [4.78, 5) is 25.4. The normalized spacial score (nSPS) is 13.8. The number of carbonyl (C=O) groups excluding carboxylic acids is 1. The summed E-state index contributed by atoms with van der Waals surface area (Å²) >= 11 is 0. The van der Waals surface area contributed by atoms with Gasteiger partial charge in [-0.2, -0.15) is 0 Å². The van der Waals surface area contributed by atoms with E-state index in [2.05, 4.69) is 24.7 Å². The summed E-state index contributed by atoms with van der Waals surface area (Å²) in [6.45, 7) is 6.87. The molecule has 2 heterocycles. The fourth-order valence-corrected chi connectivity index (χ4v) is 6.62. The average Bonchev–Trinajstić information content (AvgIpc) is 3.16.